The fourth-order valence-corrected chi connectivity index (χ4v) is 3.52. The Hall–Kier alpha value is -3.52. The van der Waals surface area contributed by atoms with E-state index in [-0.39, 0.29) is 0 Å². The maximum absolute atomic E-state index is 6.08. The van der Waals surface area contributed by atoms with Crippen LogP contribution in [0, 0.1) is 13.8 Å². The number of ether oxygens (including phenoxy) is 1. The van der Waals surface area contributed by atoms with Gasteiger partial charge in [0, 0.05) is 43.0 Å². The van der Waals surface area contributed by atoms with Crippen molar-refractivity contribution in [3.8, 4) is 11.5 Å². The molecule has 8 nitrogen and oxygen atoms in total. The number of aromatic nitrogens is 5. The van der Waals surface area contributed by atoms with E-state index in [0.29, 0.717) is 0 Å². The first-order valence-corrected chi connectivity index (χ1v) is 9.58. The number of benzene rings is 1. The van der Waals surface area contributed by atoms with E-state index in [4.69, 9.17) is 4.74 Å². The van der Waals surface area contributed by atoms with Crippen molar-refractivity contribution in [2.45, 2.75) is 26.8 Å². The van der Waals surface area contributed by atoms with Gasteiger partial charge in [-0.1, -0.05) is 0 Å². The van der Waals surface area contributed by atoms with Crippen molar-refractivity contribution in [1.29, 1.82) is 0 Å². The lowest BCUT2D eigenvalue weighted by Gasteiger charge is -2.19. The summed E-state index contributed by atoms with van der Waals surface area (Å²) >= 11 is 0. The number of hydrogen-bond acceptors (Lipinski definition) is 7. The zero-order valence-corrected chi connectivity index (χ0v) is 16.3. The molecule has 0 radical (unpaired) electrons. The van der Waals surface area contributed by atoms with Crippen molar-refractivity contribution in [2.24, 2.45) is 0 Å². The van der Waals surface area contributed by atoms with E-state index in [1.807, 2.05) is 44.3 Å². The molecule has 1 aliphatic rings. The number of nitrogens with one attached hydrogen (secondary N) is 2. The van der Waals surface area contributed by atoms with Crippen LogP contribution in [0.2, 0.25) is 0 Å². The Kier molecular flexibility index (Phi) is 4.33. The van der Waals surface area contributed by atoms with Crippen LogP contribution in [0.4, 0.5) is 11.5 Å². The molecule has 0 bridgehead atoms. The van der Waals surface area contributed by atoms with Crippen molar-refractivity contribution >= 4 is 17.2 Å². The van der Waals surface area contributed by atoms with Gasteiger partial charge in [-0.3, -0.25) is 0 Å². The second-order valence-corrected chi connectivity index (χ2v) is 7.11. The average molecular weight is 387 g/mol. The topological polar surface area (TPSA) is 89.3 Å². The van der Waals surface area contributed by atoms with Crippen molar-refractivity contribution in [1.82, 2.24) is 29.9 Å². The maximum Gasteiger partial charge on any atom is 0.159 e. The summed E-state index contributed by atoms with van der Waals surface area (Å²) in [7, 11) is 0. The van der Waals surface area contributed by atoms with Gasteiger partial charge in [-0.15, -0.1) is 0 Å². The molecular weight excluding hydrogens is 366 g/mol. The molecular formula is C21H21N7O. The monoisotopic (exact) mass is 387 g/mol. The Morgan fingerprint density at radius 1 is 1.14 bits per heavy atom. The van der Waals surface area contributed by atoms with Crippen LogP contribution >= 0.6 is 0 Å². The molecule has 1 aromatic carbocycles. The average Bonchev–Trinajstić information content (AvgIpc) is 3.10. The molecule has 0 saturated carbocycles. The normalized spacial score (nSPS) is 13.3. The van der Waals surface area contributed by atoms with Gasteiger partial charge in [0.25, 0.3) is 0 Å². The second kappa shape index (κ2) is 7.14. The Balaban J connectivity index is 1.37. The van der Waals surface area contributed by atoms with E-state index in [1.165, 1.54) is 0 Å². The van der Waals surface area contributed by atoms with Gasteiger partial charge in [0.2, 0.25) is 0 Å². The van der Waals surface area contributed by atoms with Gasteiger partial charge in [0.15, 0.2) is 5.65 Å². The molecule has 29 heavy (non-hydrogen) atoms. The summed E-state index contributed by atoms with van der Waals surface area (Å²) in [5, 5.41) is 11.1. The summed E-state index contributed by atoms with van der Waals surface area (Å²) in [6, 6.07) is 9.77. The van der Waals surface area contributed by atoms with Gasteiger partial charge < -0.3 is 15.4 Å². The van der Waals surface area contributed by atoms with Gasteiger partial charge in [-0.2, -0.15) is 5.10 Å². The molecule has 1 aliphatic heterocycles. The number of anilines is 2. The van der Waals surface area contributed by atoms with Crippen LogP contribution in [0.15, 0.2) is 42.9 Å². The van der Waals surface area contributed by atoms with E-state index in [1.54, 1.807) is 10.8 Å². The van der Waals surface area contributed by atoms with Crippen molar-refractivity contribution in [3.05, 3.63) is 65.5 Å². The summed E-state index contributed by atoms with van der Waals surface area (Å²) in [6.07, 6.45) is 4.40. The molecule has 2 N–H and O–H groups in total. The number of pyridine rings is 1. The molecule has 0 fully saturated rings. The van der Waals surface area contributed by atoms with Crippen molar-refractivity contribution < 1.29 is 4.74 Å². The largest absolute Gasteiger partial charge is 0.457 e. The molecule has 5 rings (SSSR count). The summed E-state index contributed by atoms with van der Waals surface area (Å²) < 4.78 is 7.81. The third-order valence-corrected chi connectivity index (χ3v) is 4.96. The minimum absolute atomic E-state index is 0.727. The molecule has 0 unspecified atom stereocenters. The molecule has 4 heterocycles. The molecule has 0 amide bonds. The number of rotatable bonds is 4. The predicted octanol–water partition coefficient (Wildman–Crippen LogP) is 3.32. The minimum atomic E-state index is 0.727. The van der Waals surface area contributed by atoms with Crippen molar-refractivity contribution in [3.63, 3.8) is 0 Å². The Bertz CT molecular complexity index is 1200. The first kappa shape index (κ1) is 17.6. The first-order chi connectivity index (χ1) is 14.2. The summed E-state index contributed by atoms with van der Waals surface area (Å²) in [5.41, 5.74) is 4.99. The van der Waals surface area contributed by atoms with Gasteiger partial charge >= 0.3 is 0 Å². The maximum atomic E-state index is 6.08. The van der Waals surface area contributed by atoms with Crippen LogP contribution in [0.3, 0.4) is 0 Å². The standard InChI is InChI=1S/C21H21N7O/c1-13-9-15(26-21-17-11-22-7-5-18(17)23-12-24-21)3-4-19(13)29-16-6-8-28-20(10-16)25-14(2)27-28/h3-4,6,8-10,12,22H,5,7,11H2,1-2H3,(H,23,24,26). The van der Waals surface area contributed by atoms with E-state index >= 15 is 0 Å². The molecule has 3 aromatic heterocycles. The number of nitrogens with zero attached hydrogens (tertiary/aromatic N) is 5. The smallest absolute Gasteiger partial charge is 0.159 e. The van der Waals surface area contributed by atoms with Crippen LogP contribution in [-0.4, -0.2) is 31.1 Å². The summed E-state index contributed by atoms with van der Waals surface area (Å²) in [6.45, 7) is 5.63. The molecule has 8 heteroatoms. The highest BCUT2D eigenvalue weighted by Crippen LogP contribution is 2.30. The summed E-state index contributed by atoms with van der Waals surface area (Å²) in [4.78, 5) is 13.2. The van der Waals surface area contributed by atoms with Gasteiger partial charge in [-0.25, -0.2) is 19.5 Å². The molecule has 4 aromatic rings. The zero-order chi connectivity index (χ0) is 19.8. The lowest BCUT2D eigenvalue weighted by Crippen LogP contribution is -2.25. The predicted molar refractivity (Wildman–Crippen MR) is 110 cm³/mol. The Morgan fingerprint density at radius 3 is 2.97 bits per heavy atom. The number of fused-ring (bicyclic) bond motifs is 2. The third kappa shape index (κ3) is 3.50. The molecule has 0 spiro atoms. The second-order valence-electron chi connectivity index (χ2n) is 7.11. The molecule has 0 atom stereocenters. The van der Waals surface area contributed by atoms with Gasteiger partial charge in [-0.05, 0) is 43.7 Å². The van der Waals surface area contributed by atoms with E-state index < -0.39 is 0 Å². The summed E-state index contributed by atoms with van der Waals surface area (Å²) in [5.74, 6) is 3.10. The van der Waals surface area contributed by atoms with E-state index in [0.717, 1.165) is 70.8 Å². The lowest BCUT2D eigenvalue weighted by molar-refractivity contribution is 0.478. The first-order valence-electron chi connectivity index (χ1n) is 9.58. The van der Waals surface area contributed by atoms with E-state index in [2.05, 4.69) is 36.8 Å². The van der Waals surface area contributed by atoms with Crippen LogP contribution in [0.25, 0.3) is 5.65 Å². The minimum Gasteiger partial charge on any atom is -0.457 e. The highest BCUT2D eigenvalue weighted by molar-refractivity contribution is 5.62. The van der Waals surface area contributed by atoms with Crippen LogP contribution in [-0.2, 0) is 13.0 Å². The van der Waals surface area contributed by atoms with Crippen LogP contribution < -0.4 is 15.4 Å². The SMILES string of the molecule is Cc1nc2cc(Oc3ccc(Nc4ncnc5c4CNCC5)cc3C)ccn2n1. The fourth-order valence-electron chi connectivity index (χ4n) is 3.52. The highest BCUT2D eigenvalue weighted by atomic mass is 16.5. The number of aryl methyl sites for hydroxylation is 2. The number of hydrogen-bond donors (Lipinski definition) is 2. The lowest BCUT2D eigenvalue weighted by atomic mass is 10.1. The molecule has 0 aliphatic carbocycles. The van der Waals surface area contributed by atoms with E-state index in [9.17, 15) is 0 Å². The zero-order valence-electron chi connectivity index (χ0n) is 16.3. The van der Waals surface area contributed by atoms with Crippen LogP contribution in [0.5, 0.6) is 11.5 Å². The quantitative estimate of drug-likeness (QED) is 0.555. The van der Waals surface area contributed by atoms with Crippen molar-refractivity contribution in [2.75, 3.05) is 11.9 Å². The molecule has 0 saturated heterocycles. The fraction of sp³-hybridized carbons (Fsp3) is 0.238. The highest BCUT2D eigenvalue weighted by Gasteiger charge is 2.15. The van der Waals surface area contributed by atoms with Gasteiger partial charge in [0.1, 0.15) is 29.5 Å². The van der Waals surface area contributed by atoms with Gasteiger partial charge in [0.05, 0.1) is 5.69 Å². The van der Waals surface area contributed by atoms with Crippen LogP contribution in [0.1, 0.15) is 22.6 Å². The Morgan fingerprint density at radius 2 is 2.07 bits per heavy atom. The molecule has 146 valence electrons. The Labute approximate surface area is 168 Å². The third-order valence-electron chi connectivity index (χ3n) is 4.96.